The molecule has 2 heteroatoms. The fraction of sp³-hybridized carbons (Fsp3) is 0.700. The first-order chi connectivity index (χ1) is 10.3. The number of nitrogens with one attached hydrogen (secondary N) is 1. The van der Waals surface area contributed by atoms with Crippen LogP contribution in [-0.4, -0.2) is 11.6 Å². The maximum absolute atomic E-state index is 6.65. The Labute approximate surface area is 135 Å². The maximum atomic E-state index is 6.65. The third-order valence-corrected chi connectivity index (χ3v) is 5.88. The van der Waals surface area contributed by atoms with Gasteiger partial charge >= 0.3 is 0 Å². The fourth-order valence-electron chi connectivity index (χ4n) is 4.61. The second-order valence-electron chi connectivity index (χ2n) is 8.82. The monoisotopic (exact) mass is 300 g/mol. The van der Waals surface area contributed by atoms with Crippen LogP contribution in [0.15, 0.2) is 24.3 Å². The van der Waals surface area contributed by atoms with Gasteiger partial charge in [0.2, 0.25) is 0 Å². The van der Waals surface area contributed by atoms with Crippen molar-refractivity contribution in [3.05, 3.63) is 29.8 Å². The van der Waals surface area contributed by atoms with Gasteiger partial charge in [-0.3, -0.25) is 0 Å². The van der Waals surface area contributed by atoms with Crippen LogP contribution in [0.3, 0.4) is 0 Å². The second kappa shape index (κ2) is 5.56. The average Bonchev–Trinajstić information content (AvgIpc) is 2.67. The zero-order valence-electron chi connectivity index (χ0n) is 14.7. The summed E-state index contributed by atoms with van der Waals surface area (Å²) in [5.41, 5.74) is 9.61. The first kappa shape index (κ1) is 15.9. The van der Waals surface area contributed by atoms with Crippen LogP contribution in [0.25, 0.3) is 0 Å². The number of hydrogen-bond acceptors (Lipinski definition) is 2. The highest BCUT2D eigenvalue weighted by molar-refractivity contribution is 5.47. The highest BCUT2D eigenvalue weighted by Crippen LogP contribution is 2.48. The summed E-state index contributed by atoms with van der Waals surface area (Å²) >= 11 is 0. The zero-order valence-corrected chi connectivity index (χ0v) is 14.7. The molecular formula is C20H32N2. The number of rotatable bonds is 3. The van der Waals surface area contributed by atoms with E-state index < -0.39 is 0 Å². The normalized spacial score (nSPS) is 34.7. The summed E-state index contributed by atoms with van der Waals surface area (Å²) in [7, 11) is 0. The zero-order chi connectivity index (χ0) is 16.0. The van der Waals surface area contributed by atoms with Crippen molar-refractivity contribution in [2.75, 3.05) is 5.32 Å². The van der Waals surface area contributed by atoms with Crippen LogP contribution in [0, 0.1) is 11.8 Å². The second-order valence-corrected chi connectivity index (χ2v) is 8.82. The van der Waals surface area contributed by atoms with Crippen molar-refractivity contribution in [3.63, 3.8) is 0 Å². The molecule has 0 amide bonds. The largest absolute Gasteiger partial charge is 0.382 e. The molecule has 2 bridgehead atoms. The molecule has 4 atom stereocenters. The summed E-state index contributed by atoms with van der Waals surface area (Å²) in [6, 6.07) is 9.56. The van der Waals surface area contributed by atoms with Crippen molar-refractivity contribution in [1.29, 1.82) is 0 Å². The maximum Gasteiger partial charge on any atom is 0.0342 e. The van der Waals surface area contributed by atoms with Gasteiger partial charge in [0, 0.05) is 17.3 Å². The van der Waals surface area contributed by atoms with Gasteiger partial charge in [0.1, 0.15) is 0 Å². The molecule has 2 aliphatic rings. The number of nitrogens with two attached hydrogens (primary N) is 1. The first-order valence-corrected chi connectivity index (χ1v) is 8.95. The molecule has 3 rings (SSSR count). The molecule has 0 aliphatic heterocycles. The lowest BCUT2D eigenvalue weighted by Crippen LogP contribution is -2.41. The molecular weight excluding hydrogens is 268 g/mol. The first-order valence-electron chi connectivity index (χ1n) is 8.95. The summed E-state index contributed by atoms with van der Waals surface area (Å²) in [5.74, 6) is 1.59. The van der Waals surface area contributed by atoms with Gasteiger partial charge in [0.15, 0.2) is 0 Å². The van der Waals surface area contributed by atoms with Gasteiger partial charge in [0.25, 0.3) is 0 Å². The van der Waals surface area contributed by atoms with E-state index in [-0.39, 0.29) is 11.0 Å². The molecule has 2 fully saturated rings. The molecule has 0 radical (unpaired) electrons. The van der Waals surface area contributed by atoms with Crippen LogP contribution in [0.4, 0.5) is 5.69 Å². The lowest BCUT2D eigenvalue weighted by atomic mass is 9.76. The molecule has 2 saturated carbocycles. The minimum atomic E-state index is 0.0899. The van der Waals surface area contributed by atoms with E-state index in [1.807, 2.05) is 0 Å². The molecule has 22 heavy (non-hydrogen) atoms. The SMILES string of the molecule is CCC1CC2CC(N)(C1)C[C@@H]2Nc1ccc(C(C)(C)C)cc1. The van der Waals surface area contributed by atoms with Crippen molar-refractivity contribution < 1.29 is 0 Å². The minimum Gasteiger partial charge on any atom is -0.382 e. The molecule has 3 N–H and O–H groups in total. The summed E-state index contributed by atoms with van der Waals surface area (Å²) in [5, 5.41) is 3.78. The van der Waals surface area contributed by atoms with E-state index in [0.29, 0.717) is 6.04 Å². The van der Waals surface area contributed by atoms with Crippen molar-refractivity contribution in [2.24, 2.45) is 17.6 Å². The van der Waals surface area contributed by atoms with Crippen LogP contribution in [0.2, 0.25) is 0 Å². The molecule has 0 aromatic heterocycles. The molecule has 3 unspecified atom stereocenters. The molecule has 0 heterocycles. The third kappa shape index (κ3) is 3.17. The highest BCUT2D eigenvalue weighted by Gasteiger charge is 2.47. The Bertz CT molecular complexity index is 514. The van der Waals surface area contributed by atoms with Crippen molar-refractivity contribution in [3.8, 4) is 0 Å². The number of benzene rings is 1. The summed E-state index contributed by atoms with van der Waals surface area (Å²) in [4.78, 5) is 0. The van der Waals surface area contributed by atoms with E-state index >= 15 is 0 Å². The van der Waals surface area contributed by atoms with E-state index in [9.17, 15) is 0 Å². The average molecular weight is 300 g/mol. The Morgan fingerprint density at radius 3 is 2.41 bits per heavy atom. The van der Waals surface area contributed by atoms with Gasteiger partial charge in [-0.05, 0) is 60.6 Å². The lowest BCUT2D eigenvalue weighted by Gasteiger charge is -2.34. The Morgan fingerprint density at radius 2 is 1.82 bits per heavy atom. The van der Waals surface area contributed by atoms with E-state index in [4.69, 9.17) is 5.73 Å². The summed E-state index contributed by atoms with van der Waals surface area (Å²) < 4.78 is 0. The van der Waals surface area contributed by atoms with Gasteiger partial charge in [-0.2, -0.15) is 0 Å². The van der Waals surface area contributed by atoms with E-state index in [1.165, 1.54) is 36.9 Å². The molecule has 0 spiro atoms. The van der Waals surface area contributed by atoms with E-state index in [1.54, 1.807) is 0 Å². The van der Waals surface area contributed by atoms with Gasteiger partial charge in [-0.25, -0.2) is 0 Å². The van der Waals surface area contributed by atoms with Crippen LogP contribution in [-0.2, 0) is 5.41 Å². The topological polar surface area (TPSA) is 38.0 Å². The van der Waals surface area contributed by atoms with Gasteiger partial charge in [0.05, 0.1) is 0 Å². The fourth-order valence-corrected chi connectivity index (χ4v) is 4.61. The van der Waals surface area contributed by atoms with Crippen LogP contribution in [0.1, 0.15) is 65.4 Å². The summed E-state index contributed by atoms with van der Waals surface area (Å²) in [6.45, 7) is 9.10. The Kier molecular flexibility index (Phi) is 4.01. The molecule has 0 saturated heterocycles. The quantitative estimate of drug-likeness (QED) is 0.849. The van der Waals surface area contributed by atoms with Gasteiger partial charge in [-0.15, -0.1) is 0 Å². The van der Waals surface area contributed by atoms with Gasteiger partial charge < -0.3 is 11.1 Å². The smallest absolute Gasteiger partial charge is 0.0342 e. The molecule has 2 nitrogen and oxygen atoms in total. The van der Waals surface area contributed by atoms with Crippen LogP contribution < -0.4 is 11.1 Å². The minimum absolute atomic E-state index is 0.0899. The predicted molar refractivity (Wildman–Crippen MR) is 95.2 cm³/mol. The van der Waals surface area contributed by atoms with Crippen LogP contribution >= 0.6 is 0 Å². The molecule has 1 aromatic rings. The third-order valence-electron chi connectivity index (χ3n) is 5.88. The number of fused-ring (bicyclic) bond motifs is 2. The van der Waals surface area contributed by atoms with Crippen molar-refractivity contribution in [2.45, 2.75) is 76.8 Å². The van der Waals surface area contributed by atoms with Crippen molar-refractivity contribution in [1.82, 2.24) is 0 Å². The molecule has 1 aromatic carbocycles. The van der Waals surface area contributed by atoms with Crippen molar-refractivity contribution >= 4 is 5.69 Å². The lowest BCUT2D eigenvalue weighted by molar-refractivity contribution is 0.222. The van der Waals surface area contributed by atoms with E-state index in [0.717, 1.165) is 18.3 Å². The Balaban J connectivity index is 1.69. The molecule has 122 valence electrons. The van der Waals surface area contributed by atoms with E-state index in [2.05, 4.69) is 57.3 Å². The highest BCUT2D eigenvalue weighted by atomic mass is 15.0. The Hall–Kier alpha value is -1.02. The van der Waals surface area contributed by atoms with Crippen LogP contribution in [0.5, 0.6) is 0 Å². The number of anilines is 1. The predicted octanol–water partition coefficient (Wildman–Crippen LogP) is 4.69. The number of hydrogen-bond donors (Lipinski definition) is 2. The molecule has 2 aliphatic carbocycles. The standard InChI is InChI=1S/C20H32N2/c1-5-14-10-15-12-20(21,11-14)13-18(15)22-17-8-6-16(7-9-17)19(2,3)4/h6-9,14-15,18,22H,5,10-13,21H2,1-4H3/t14?,15?,18-,20?/m0/s1. The Morgan fingerprint density at radius 1 is 1.14 bits per heavy atom. The van der Waals surface area contributed by atoms with Gasteiger partial charge in [-0.1, -0.05) is 46.2 Å². The summed E-state index contributed by atoms with van der Waals surface area (Å²) in [6.07, 6.45) is 6.20.